The number of benzene rings is 1. The van der Waals surface area contributed by atoms with Gasteiger partial charge in [-0.15, -0.1) is 0 Å². The number of carboxylic acids is 1. The van der Waals surface area contributed by atoms with Gasteiger partial charge in [0.05, 0.1) is 24.6 Å². The Balaban J connectivity index is 2.19. The SMILES string of the molecule is O=C(O)C(=O)Nc1ccccc1N1CCOCC1. The summed E-state index contributed by atoms with van der Waals surface area (Å²) in [7, 11) is 0. The van der Waals surface area contributed by atoms with Crippen molar-refractivity contribution in [2.75, 3.05) is 36.5 Å². The Kier molecular flexibility index (Phi) is 3.78. The molecule has 0 aromatic heterocycles. The van der Waals surface area contributed by atoms with E-state index in [2.05, 4.69) is 10.2 Å². The molecule has 0 spiro atoms. The summed E-state index contributed by atoms with van der Waals surface area (Å²) < 4.78 is 5.26. The molecule has 0 saturated carbocycles. The number of carboxylic acid groups (broad SMARTS) is 1. The lowest BCUT2D eigenvalue weighted by molar-refractivity contribution is -0.147. The van der Waals surface area contributed by atoms with E-state index >= 15 is 0 Å². The van der Waals surface area contributed by atoms with Crippen molar-refractivity contribution in [2.24, 2.45) is 0 Å². The van der Waals surface area contributed by atoms with Gasteiger partial charge in [-0.3, -0.25) is 4.79 Å². The molecule has 1 fully saturated rings. The molecule has 6 heteroatoms. The molecule has 2 rings (SSSR count). The summed E-state index contributed by atoms with van der Waals surface area (Å²) in [4.78, 5) is 23.8. The molecule has 1 aromatic rings. The predicted octanol–water partition coefficient (Wildman–Crippen LogP) is 0.546. The number of nitrogens with one attached hydrogen (secondary N) is 1. The van der Waals surface area contributed by atoms with Gasteiger partial charge in [0, 0.05) is 13.1 Å². The van der Waals surface area contributed by atoms with Crippen LogP contribution in [-0.4, -0.2) is 43.3 Å². The van der Waals surface area contributed by atoms with Gasteiger partial charge in [-0.2, -0.15) is 0 Å². The predicted molar refractivity (Wildman–Crippen MR) is 65.7 cm³/mol. The largest absolute Gasteiger partial charge is 0.474 e. The van der Waals surface area contributed by atoms with E-state index in [4.69, 9.17) is 9.84 Å². The smallest absolute Gasteiger partial charge is 0.394 e. The number of rotatable bonds is 2. The highest BCUT2D eigenvalue weighted by atomic mass is 16.5. The zero-order chi connectivity index (χ0) is 13.0. The summed E-state index contributed by atoms with van der Waals surface area (Å²) in [5, 5.41) is 11.0. The second kappa shape index (κ2) is 5.50. The number of ether oxygens (including phenoxy) is 1. The molecule has 6 nitrogen and oxygen atoms in total. The molecule has 0 atom stereocenters. The standard InChI is InChI=1S/C12H14N2O4/c15-11(12(16)17)13-9-3-1-2-4-10(9)14-5-7-18-8-6-14/h1-4H,5-8H2,(H,13,15)(H,16,17). The fourth-order valence-electron chi connectivity index (χ4n) is 1.84. The van der Waals surface area contributed by atoms with Crippen LogP contribution < -0.4 is 10.2 Å². The number of amides is 1. The molecule has 1 aromatic carbocycles. The lowest BCUT2D eigenvalue weighted by Crippen LogP contribution is -2.37. The Labute approximate surface area is 104 Å². The normalized spacial score (nSPS) is 15.2. The highest BCUT2D eigenvalue weighted by Crippen LogP contribution is 2.26. The minimum absolute atomic E-state index is 0.506. The van der Waals surface area contributed by atoms with Crippen LogP contribution in [0.2, 0.25) is 0 Å². The average molecular weight is 250 g/mol. The Morgan fingerprint density at radius 2 is 1.89 bits per heavy atom. The van der Waals surface area contributed by atoms with Crippen molar-refractivity contribution in [2.45, 2.75) is 0 Å². The summed E-state index contributed by atoms with van der Waals surface area (Å²) in [6, 6.07) is 7.14. The van der Waals surface area contributed by atoms with Crippen LogP contribution in [0.5, 0.6) is 0 Å². The van der Waals surface area contributed by atoms with Gasteiger partial charge in [0.1, 0.15) is 0 Å². The van der Waals surface area contributed by atoms with Gasteiger partial charge in [-0.25, -0.2) is 4.79 Å². The maximum atomic E-state index is 11.2. The highest BCUT2D eigenvalue weighted by Gasteiger charge is 2.17. The van der Waals surface area contributed by atoms with E-state index in [9.17, 15) is 9.59 Å². The number of carbonyl (C=O) groups is 2. The molecule has 0 radical (unpaired) electrons. The van der Waals surface area contributed by atoms with E-state index in [0.29, 0.717) is 18.9 Å². The molecule has 1 saturated heterocycles. The number of morpholine rings is 1. The van der Waals surface area contributed by atoms with Gasteiger partial charge >= 0.3 is 11.9 Å². The first-order valence-corrected chi connectivity index (χ1v) is 5.64. The van der Waals surface area contributed by atoms with Crippen LogP contribution in [0.3, 0.4) is 0 Å². The van der Waals surface area contributed by atoms with Gasteiger partial charge < -0.3 is 20.1 Å². The van der Waals surface area contributed by atoms with Crippen molar-refractivity contribution in [3.63, 3.8) is 0 Å². The third-order valence-corrected chi connectivity index (χ3v) is 2.70. The number of carbonyl (C=O) groups excluding carboxylic acids is 1. The molecule has 1 aliphatic rings. The molecule has 0 aliphatic carbocycles. The summed E-state index contributed by atoms with van der Waals surface area (Å²) in [6.45, 7) is 2.70. The first-order valence-electron chi connectivity index (χ1n) is 5.64. The minimum Gasteiger partial charge on any atom is -0.474 e. The van der Waals surface area contributed by atoms with Crippen molar-refractivity contribution >= 4 is 23.3 Å². The maximum absolute atomic E-state index is 11.2. The Morgan fingerprint density at radius 1 is 1.22 bits per heavy atom. The monoisotopic (exact) mass is 250 g/mol. The van der Waals surface area contributed by atoms with Crippen molar-refractivity contribution in [3.05, 3.63) is 24.3 Å². The van der Waals surface area contributed by atoms with Crippen molar-refractivity contribution < 1.29 is 19.4 Å². The maximum Gasteiger partial charge on any atom is 0.394 e. The Hall–Kier alpha value is -2.08. The molecule has 1 aliphatic heterocycles. The fourth-order valence-corrected chi connectivity index (χ4v) is 1.84. The van der Waals surface area contributed by atoms with Crippen LogP contribution in [0.25, 0.3) is 0 Å². The first-order chi connectivity index (χ1) is 8.68. The Morgan fingerprint density at radius 3 is 2.56 bits per heavy atom. The van der Waals surface area contributed by atoms with E-state index in [-0.39, 0.29) is 0 Å². The molecular weight excluding hydrogens is 236 g/mol. The van der Waals surface area contributed by atoms with Crippen molar-refractivity contribution in [1.29, 1.82) is 0 Å². The number of nitrogens with zero attached hydrogens (tertiary/aromatic N) is 1. The second-order valence-corrected chi connectivity index (χ2v) is 3.88. The van der Waals surface area contributed by atoms with E-state index in [1.807, 2.05) is 12.1 Å². The second-order valence-electron chi connectivity index (χ2n) is 3.88. The first kappa shape index (κ1) is 12.4. The van der Waals surface area contributed by atoms with Crippen LogP contribution >= 0.6 is 0 Å². The van der Waals surface area contributed by atoms with E-state index in [1.165, 1.54) is 0 Å². The average Bonchev–Trinajstić information content (AvgIpc) is 2.40. The van der Waals surface area contributed by atoms with Gasteiger partial charge in [0.25, 0.3) is 0 Å². The number of aliphatic carboxylic acids is 1. The summed E-state index contributed by atoms with van der Waals surface area (Å²) in [6.07, 6.45) is 0. The van der Waals surface area contributed by atoms with Gasteiger partial charge in [0.2, 0.25) is 0 Å². The lowest BCUT2D eigenvalue weighted by atomic mass is 10.2. The summed E-state index contributed by atoms with van der Waals surface area (Å²) in [5.74, 6) is -2.53. The third-order valence-electron chi connectivity index (χ3n) is 2.70. The van der Waals surface area contributed by atoms with Crippen LogP contribution in [0.4, 0.5) is 11.4 Å². The summed E-state index contributed by atoms with van der Waals surface area (Å²) in [5.41, 5.74) is 1.32. The molecule has 0 bridgehead atoms. The summed E-state index contributed by atoms with van der Waals surface area (Å²) >= 11 is 0. The van der Waals surface area contributed by atoms with Crippen molar-refractivity contribution in [3.8, 4) is 0 Å². The van der Waals surface area contributed by atoms with E-state index in [1.54, 1.807) is 12.1 Å². The van der Waals surface area contributed by atoms with Gasteiger partial charge in [0.15, 0.2) is 0 Å². The number of hydrogen-bond acceptors (Lipinski definition) is 4. The molecule has 0 unspecified atom stereocenters. The van der Waals surface area contributed by atoms with Crippen LogP contribution in [0.1, 0.15) is 0 Å². The lowest BCUT2D eigenvalue weighted by Gasteiger charge is -2.30. The van der Waals surface area contributed by atoms with Crippen molar-refractivity contribution in [1.82, 2.24) is 0 Å². The van der Waals surface area contributed by atoms with Crippen LogP contribution in [-0.2, 0) is 14.3 Å². The molecule has 1 heterocycles. The zero-order valence-electron chi connectivity index (χ0n) is 9.76. The van der Waals surface area contributed by atoms with Crippen LogP contribution in [0.15, 0.2) is 24.3 Å². The van der Waals surface area contributed by atoms with E-state index < -0.39 is 11.9 Å². The topological polar surface area (TPSA) is 78.9 Å². The van der Waals surface area contributed by atoms with Crippen LogP contribution in [0, 0.1) is 0 Å². The zero-order valence-corrected chi connectivity index (χ0v) is 9.76. The molecule has 18 heavy (non-hydrogen) atoms. The van der Waals surface area contributed by atoms with Gasteiger partial charge in [-0.05, 0) is 12.1 Å². The molecule has 1 amide bonds. The van der Waals surface area contributed by atoms with Gasteiger partial charge in [-0.1, -0.05) is 12.1 Å². The number of hydrogen-bond donors (Lipinski definition) is 2. The Bertz CT molecular complexity index is 455. The fraction of sp³-hybridized carbons (Fsp3) is 0.333. The molecule has 96 valence electrons. The highest BCUT2D eigenvalue weighted by molar-refractivity contribution is 6.36. The quantitative estimate of drug-likeness (QED) is 0.749. The number of anilines is 2. The minimum atomic E-state index is -1.49. The van der Waals surface area contributed by atoms with E-state index in [0.717, 1.165) is 18.8 Å². The molecule has 2 N–H and O–H groups in total. The number of para-hydroxylation sites is 2. The molecular formula is C12H14N2O4. The third kappa shape index (κ3) is 2.78.